The van der Waals surface area contributed by atoms with Crippen LogP contribution in [0.15, 0.2) is 48.0 Å². The maximum Gasteiger partial charge on any atom is 0.270 e. The van der Waals surface area contributed by atoms with Crippen molar-refractivity contribution < 1.29 is 23.5 Å². The van der Waals surface area contributed by atoms with Crippen LogP contribution in [0.1, 0.15) is 19.4 Å². The molecule has 0 atom stereocenters. The van der Waals surface area contributed by atoms with Crippen LogP contribution in [0, 0.1) is 5.82 Å². The number of benzene rings is 2. The summed E-state index contributed by atoms with van der Waals surface area (Å²) in [6.45, 7) is 4.61. The van der Waals surface area contributed by atoms with Crippen LogP contribution in [0.5, 0.6) is 11.5 Å². The quantitative estimate of drug-likeness (QED) is 0.446. The number of thiocarbonyl (C=S) groups is 1. The average molecular weight is 414 g/mol. The number of carbonyl (C=O) groups excluding carboxylic acids is 2. The van der Waals surface area contributed by atoms with Crippen LogP contribution in [-0.4, -0.2) is 30.1 Å². The van der Waals surface area contributed by atoms with Crippen molar-refractivity contribution in [2.24, 2.45) is 0 Å². The van der Waals surface area contributed by atoms with Crippen LogP contribution in [-0.2, 0) is 9.59 Å². The number of rotatable bonds is 6. The van der Waals surface area contributed by atoms with Crippen molar-refractivity contribution in [1.82, 2.24) is 5.32 Å². The van der Waals surface area contributed by atoms with Gasteiger partial charge in [0.25, 0.3) is 11.8 Å². The molecule has 0 unspecified atom stereocenters. The van der Waals surface area contributed by atoms with E-state index in [9.17, 15) is 14.0 Å². The first kappa shape index (κ1) is 20.5. The lowest BCUT2D eigenvalue weighted by Gasteiger charge is -2.28. The van der Waals surface area contributed by atoms with Gasteiger partial charge in [0.15, 0.2) is 16.6 Å². The molecule has 29 heavy (non-hydrogen) atoms. The lowest BCUT2D eigenvalue weighted by atomic mass is 10.1. The van der Waals surface area contributed by atoms with Gasteiger partial charge < -0.3 is 9.47 Å². The highest BCUT2D eigenvalue weighted by Crippen LogP contribution is 2.30. The van der Waals surface area contributed by atoms with Gasteiger partial charge in [-0.2, -0.15) is 0 Å². The Balaban J connectivity index is 1.99. The molecule has 0 aliphatic carbocycles. The number of halogens is 1. The Morgan fingerprint density at radius 1 is 1.07 bits per heavy atom. The molecular weight excluding hydrogens is 395 g/mol. The maximum atomic E-state index is 13.6. The summed E-state index contributed by atoms with van der Waals surface area (Å²) in [4.78, 5) is 26.5. The topological polar surface area (TPSA) is 67.9 Å². The van der Waals surface area contributed by atoms with Crippen LogP contribution < -0.4 is 19.7 Å². The predicted molar refractivity (Wildman–Crippen MR) is 111 cm³/mol. The molecule has 8 heteroatoms. The molecule has 2 aromatic rings. The largest absolute Gasteiger partial charge is 0.490 e. The zero-order valence-corrected chi connectivity index (χ0v) is 16.7. The summed E-state index contributed by atoms with van der Waals surface area (Å²) in [6.07, 6.45) is 1.43. The van der Waals surface area contributed by atoms with Gasteiger partial charge >= 0.3 is 0 Å². The second kappa shape index (κ2) is 8.83. The molecule has 2 aromatic carbocycles. The zero-order chi connectivity index (χ0) is 21.0. The Morgan fingerprint density at radius 3 is 2.48 bits per heavy atom. The van der Waals surface area contributed by atoms with Gasteiger partial charge in [0, 0.05) is 0 Å². The van der Waals surface area contributed by atoms with E-state index in [1.165, 1.54) is 30.3 Å². The lowest BCUT2D eigenvalue weighted by molar-refractivity contribution is -0.122. The van der Waals surface area contributed by atoms with Gasteiger partial charge in [0.05, 0.1) is 18.9 Å². The third kappa shape index (κ3) is 4.43. The minimum absolute atomic E-state index is 0.107. The summed E-state index contributed by atoms with van der Waals surface area (Å²) in [5.74, 6) is -0.715. The minimum Gasteiger partial charge on any atom is -0.490 e. The molecule has 0 radical (unpaired) electrons. The van der Waals surface area contributed by atoms with Crippen LogP contribution in [0.4, 0.5) is 10.1 Å². The molecule has 1 heterocycles. The molecule has 0 saturated carbocycles. The molecule has 150 valence electrons. The fourth-order valence-electron chi connectivity index (χ4n) is 2.83. The Labute approximate surface area is 172 Å². The van der Waals surface area contributed by atoms with Gasteiger partial charge in [-0.25, -0.2) is 4.39 Å². The van der Waals surface area contributed by atoms with Crippen molar-refractivity contribution in [3.05, 3.63) is 59.4 Å². The van der Waals surface area contributed by atoms with Gasteiger partial charge in [-0.1, -0.05) is 12.1 Å². The average Bonchev–Trinajstić information content (AvgIpc) is 2.67. The van der Waals surface area contributed by atoms with Gasteiger partial charge in [0.2, 0.25) is 0 Å². The minimum atomic E-state index is -0.642. The second-order valence-corrected chi connectivity index (χ2v) is 6.40. The first-order valence-electron chi connectivity index (χ1n) is 9.01. The van der Waals surface area contributed by atoms with Crippen molar-refractivity contribution in [3.8, 4) is 11.5 Å². The van der Waals surface area contributed by atoms with E-state index in [1.807, 2.05) is 13.8 Å². The van der Waals surface area contributed by atoms with Crippen LogP contribution in [0.3, 0.4) is 0 Å². The summed E-state index contributed by atoms with van der Waals surface area (Å²) < 4.78 is 24.7. The normalized spacial score (nSPS) is 15.5. The molecule has 0 bridgehead atoms. The van der Waals surface area contributed by atoms with Gasteiger partial charge in [-0.15, -0.1) is 0 Å². The Hall–Kier alpha value is -3.26. The van der Waals surface area contributed by atoms with Crippen molar-refractivity contribution in [2.45, 2.75) is 13.8 Å². The van der Waals surface area contributed by atoms with E-state index in [0.717, 1.165) is 4.90 Å². The summed E-state index contributed by atoms with van der Waals surface area (Å²) in [5, 5.41) is 2.36. The molecule has 1 fully saturated rings. The molecule has 0 spiro atoms. The molecule has 1 N–H and O–H groups in total. The Kier molecular flexibility index (Phi) is 6.23. The lowest BCUT2D eigenvalue weighted by Crippen LogP contribution is -2.54. The van der Waals surface area contributed by atoms with E-state index < -0.39 is 17.6 Å². The van der Waals surface area contributed by atoms with Gasteiger partial charge in [-0.3, -0.25) is 19.8 Å². The molecule has 0 aromatic heterocycles. The summed E-state index contributed by atoms with van der Waals surface area (Å²) in [7, 11) is 0. The Morgan fingerprint density at radius 2 is 1.79 bits per heavy atom. The number of amides is 2. The third-order valence-electron chi connectivity index (χ3n) is 4.05. The first-order valence-corrected chi connectivity index (χ1v) is 9.42. The first-order chi connectivity index (χ1) is 13.9. The monoisotopic (exact) mass is 414 g/mol. The number of carbonyl (C=O) groups is 2. The standard InChI is InChI=1S/C21H19FN2O4S/c1-3-27-17-9-8-13(11-18(17)28-4-2)10-16-19(25)23-21(29)24(20(16)26)15-7-5-6-14(22)12-15/h5-12H,3-4H2,1-2H3,(H,23,25,29). The molecule has 1 aliphatic rings. The van der Waals surface area contributed by atoms with Gasteiger partial charge in [-0.05, 0) is 68.0 Å². The highest BCUT2D eigenvalue weighted by atomic mass is 32.1. The van der Waals surface area contributed by atoms with E-state index >= 15 is 0 Å². The number of anilines is 1. The van der Waals surface area contributed by atoms with Gasteiger partial charge in [0.1, 0.15) is 11.4 Å². The fourth-order valence-corrected chi connectivity index (χ4v) is 3.11. The van der Waals surface area contributed by atoms with Crippen molar-refractivity contribution >= 4 is 40.9 Å². The highest BCUT2D eigenvalue weighted by Gasteiger charge is 2.34. The van der Waals surface area contributed by atoms with Crippen LogP contribution >= 0.6 is 12.2 Å². The zero-order valence-electron chi connectivity index (χ0n) is 15.9. The number of hydrogen-bond acceptors (Lipinski definition) is 5. The van der Waals surface area contributed by atoms with E-state index in [-0.39, 0.29) is 16.4 Å². The third-order valence-corrected chi connectivity index (χ3v) is 4.33. The van der Waals surface area contributed by atoms with E-state index in [1.54, 1.807) is 18.2 Å². The summed E-state index contributed by atoms with van der Waals surface area (Å²) >= 11 is 5.11. The number of nitrogens with zero attached hydrogens (tertiary/aromatic N) is 1. The van der Waals surface area contributed by atoms with Crippen molar-refractivity contribution in [3.63, 3.8) is 0 Å². The fraction of sp³-hybridized carbons (Fsp3) is 0.190. The molecule has 6 nitrogen and oxygen atoms in total. The summed E-state index contributed by atoms with van der Waals surface area (Å²) in [6, 6.07) is 10.5. The number of nitrogens with one attached hydrogen (secondary N) is 1. The predicted octanol–water partition coefficient (Wildman–Crippen LogP) is 3.45. The van der Waals surface area contributed by atoms with Crippen molar-refractivity contribution in [2.75, 3.05) is 18.1 Å². The van der Waals surface area contributed by atoms with E-state index in [4.69, 9.17) is 21.7 Å². The highest BCUT2D eigenvalue weighted by molar-refractivity contribution is 7.80. The SMILES string of the molecule is CCOc1ccc(C=C2C(=O)NC(=S)N(c3cccc(F)c3)C2=O)cc1OCC. The molecule has 2 amide bonds. The maximum absolute atomic E-state index is 13.6. The molecule has 3 rings (SSSR count). The summed E-state index contributed by atoms with van der Waals surface area (Å²) in [5.41, 5.74) is 0.671. The molecule has 1 saturated heterocycles. The molecular formula is C21H19FN2O4S. The van der Waals surface area contributed by atoms with E-state index in [0.29, 0.717) is 30.3 Å². The van der Waals surface area contributed by atoms with Crippen LogP contribution in [0.2, 0.25) is 0 Å². The van der Waals surface area contributed by atoms with E-state index in [2.05, 4.69) is 5.32 Å². The van der Waals surface area contributed by atoms with Crippen LogP contribution in [0.25, 0.3) is 6.08 Å². The number of ether oxygens (including phenoxy) is 2. The number of hydrogen-bond donors (Lipinski definition) is 1. The smallest absolute Gasteiger partial charge is 0.270 e. The Bertz CT molecular complexity index is 1010. The molecule has 1 aliphatic heterocycles. The second-order valence-electron chi connectivity index (χ2n) is 6.01. The van der Waals surface area contributed by atoms with Crippen molar-refractivity contribution in [1.29, 1.82) is 0 Å².